The van der Waals surface area contributed by atoms with Gasteiger partial charge < -0.3 is 10.6 Å². The van der Waals surface area contributed by atoms with Crippen LogP contribution in [-0.2, 0) is 11.3 Å². The number of thiocarbonyl (C=S) groups is 1. The molecule has 1 aromatic heterocycles. The summed E-state index contributed by atoms with van der Waals surface area (Å²) in [5, 5.41) is 0. The summed E-state index contributed by atoms with van der Waals surface area (Å²) in [5.41, 5.74) is 5.95. The Labute approximate surface area is 113 Å². The molecule has 18 heavy (non-hydrogen) atoms. The van der Waals surface area contributed by atoms with E-state index in [1.54, 1.807) is 31.3 Å². The van der Waals surface area contributed by atoms with Gasteiger partial charge in [0.25, 0.3) is 0 Å². The molecule has 0 bridgehead atoms. The van der Waals surface area contributed by atoms with E-state index in [2.05, 4.69) is 4.98 Å². The molecule has 1 unspecified atom stereocenters. The van der Waals surface area contributed by atoms with Crippen LogP contribution in [0.2, 0.25) is 0 Å². The lowest BCUT2D eigenvalue weighted by Crippen LogP contribution is -2.47. The monoisotopic (exact) mass is 265 g/mol. The van der Waals surface area contributed by atoms with E-state index in [0.717, 1.165) is 5.56 Å². The smallest absolute Gasteiger partial charge is 0.235 e. The highest BCUT2D eigenvalue weighted by molar-refractivity contribution is 7.80. The van der Waals surface area contributed by atoms with Crippen LogP contribution in [-0.4, -0.2) is 27.8 Å². The van der Waals surface area contributed by atoms with Gasteiger partial charge in [0.15, 0.2) is 0 Å². The predicted octanol–water partition coefficient (Wildman–Crippen LogP) is 1.74. The van der Waals surface area contributed by atoms with Crippen LogP contribution in [0.1, 0.15) is 25.8 Å². The molecule has 2 N–H and O–H groups in total. The number of hydrogen-bond acceptors (Lipinski definition) is 3. The minimum atomic E-state index is -0.767. The first kappa shape index (κ1) is 14.6. The molecule has 0 spiro atoms. The van der Waals surface area contributed by atoms with Crippen LogP contribution in [0.3, 0.4) is 0 Å². The van der Waals surface area contributed by atoms with E-state index in [0.29, 0.717) is 13.0 Å². The molecule has 0 aliphatic carbocycles. The summed E-state index contributed by atoms with van der Waals surface area (Å²) in [6, 6.07) is 3.77. The molecule has 1 aromatic rings. The van der Waals surface area contributed by atoms with E-state index >= 15 is 0 Å². The molecule has 1 atom stereocenters. The summed E-state index contributed by atoms with van der Waals surface area (Å²) in [6.07, 6.45) is 4.02. The van der Waals surface area contributed by atoms with Gasteiger partial charge in [-0.2, -0.15) is 0 Å². The molecular formula is C13H19N3OS. The maximum absolute atomic E-state index is 12.4. The topological polar surface area (TPSA) is 59.2 Å². The molecule has 0 aliphatic heterocycles. The average Bonchev–Trinajstić information content (AvgIpc) is 2.37. The molecule has 0 aromatic carbocycles. The minimum Gasteiger partial charge on any atom is -0.392 e. The number of pyridine rings is 1. The van der Waals surface area contributed by atoms with Gasteiger partial charge in [-0.05, 0) is 31.0 Å². The van der Waals surface area contributed by atoms with Crippen molar-refractivity contribution in [3.63, 3.8) is 0 Å². The van der Waals surface area contributed by atoms with Crippen molar-refractivity contribution in [1.29, 1.82) is 0 Å². The highest BCUT2D eigenvalue weighted by Crippen LogP contribution is 2.24. The van der Waals surface area contributed by atoms with Crippen molar-refractivity contribution in [3.05, 3.63) is 30.1 Å². The highest BCUT2D eigenvalue weighted by atomic mass is 32.1. The zero-order valence-corrected chi connectivity index (χ0v) is 11.8. The van der Waals surface area contributed by atoms with E-state index in [1.165, 1.54) is 0 Å². The number of carbonyl (C=O) groups excluding carboxylic acids is 1. The summed E-state index contributed by atoms with van der Waals surface area (Å²) in [5.74, 6) is -0.0469. The Kier molecular flexibility index (Phi) is 4.78. The minimum absolute atomic E-state index is 0.0469. The van der Waals surface area contributed by atoms with Crippen molar-refractivity contribution in [1.82, 2.24) is 9.88 Å². The third kappa shape index (κ3) is 3.04. The van der Waals surface area contributed by atoms with E-state index in [4.69, 9.17) is 18.0 Å². The van der Waals surface area contributed by atoms with Crippen LogP contribution in [0.5, 0.6) is 0 Å². The Morgan fingerprint density at radius 1 is 1.50 bits per heavy atom. The van der Waals surface area contributed by atoms with Crippen LogP contribution >= 0.6 is 12.2 Å². The normalized spacial score (nSPS) is 13.7. The summed E-state index contributed by atoms with van der Waals surface area (Å²) >= 11 is 5.01. The van der Waals surface area contributed by atoms with Gasteiger partial charge in [0, 0.05) is 26.0 Å². The summed E-state index contributed by atoms with van der Waals surface area (Å²) in [4.78, 5) is 18.2. The number of carbonyl (C=O) groups is 1. The standard InChI is InChI=1S/C13H19N3OS/c1-4-13(2,11(14)18)12(17)16(3)9-10-5-7-15-8-6-10/h5-8H,4,9H2,1-3H3,(H2,14,18). The molecule has 0 saturated heterocycles. The van der Waals surface area contributed by atoms with Gasteiger partial charge >= 0.3 is 0 Å². The molecule has 1 amide bonds. The Hall–Kier alpha value is -1.49. The molecule has 0 fully saturated rings. The van der Waals surface area contributed by atoms with Crippen molar-refractivity contribution in [2.45, 2.75) is 26.8 Å². The maximum atomic E-state index is 12.4. The van der Waals surface area contributed by atoms with Gasteiger partial charge in [0.1, 0.15) is 0 Å². The lowest BCUT2D eigenvalue weighted by molar-refractivity contribution is -0.136. The number of nitrogens with two attached hydrogens (primary N) is 1. The van der Waals surface area contributed by atoms with E-state index < -0.39 is 5.41 Å². The van der Waals surface area contributed by atoms with Gasteiger partial charge in [-0.1, -0.05) is 19.1 Å². The fourth-order valence-electron chi connectivity index (χ4n) is 1.69. The molecule has 0 radical (unpaired) electrons. The van der Waals surface area contributed by atoms with E-state index in [9.17, 15) is 4.79 Å². The molecule has 0 aliphatic rings. The predicted molar refractivity (Wildman–Crippen MR) is 75.9 cm³/mol. The van der Waals surface area contributed by atoms with Gasteiger partial charge in [0.2, 0.25) is 5.91 Å². The molecule has 5 heteroatoms. The lowest BCUT2D eigenvalue weighted by Gasteiger charge is -2.30. The number of rotatable bonds is 5. The first-order chi connectivity index (χ1) is 8.41. The Bertz CT molecular complexity index is 435. The molecular weight excluding hydrogens is 246 g/mol. The number of hydrogen-bond donors (Lipinski definition) is 1. The van der Waals surface area contributed by atoms with Gasteiger partial charge in [-0.3, -0.25) is 9.78 Å². The highest BCUT2D eigenvalue weighted by Gasteiger charge is 2.36. The first-order valence-corrected chi connectivity index (χ1v) is 6.27. The average molecular weight is 265 g/mol. The van der Waals surface area contributed by atoms with Crippen LogP contribution in [0.4, 0.5) is 0 Å². The third-order valence-corrected chi connectivity index (χ3v) is 3.69. The van der Waals surface area contributed by atoms with Crippen LogP contribution in [0.25, 0.3) is 0 Å². The summed E-state index contributed by atoms with van der Waals surface area (Å²) in [6.45, 7) is 4.23. The zero-order chi connectivity index (χ0) is 13.8. The largest absolute Gasteiger partial charge is 0.392 e. The van der Waals surface area contributed by atoms with Crippen molar-refractivity contribution in [2.24, 2.45) is 11.1 Å². The zero-order valence-electron chi connectivity index (χ0n) is 11.0. The molecule has 4 nitrogen and oxygen atoms in total. The van der Waals surface area contributed by atoms with E-state index in [-0.39, 0.29) is 10.9 Å². The Balaban J connectivity index is 2.81. The Morgan fingerprint density at radius 2 is 2.06 bits per heavy atom. The number of aromatic nitrogens is 1. The van der Waals surface area contributed by atoms with Gasteiger partial charge in [0.05, 0.1) is 10.4 Å². The molecule has 98 valence electrons. The SMILES string of the molecule is CCC(C)(C(=O)N(C)Cc1ccncc1)C(N)=S. The van der Waals surface area contributed by atoms with Crippen LogP contribution in [0, 0.1) is 5.41 Å². The van der Waals surface area contributed by atoms with Gasteiger partial charge in [-0.25, -0.2) is 0 Å². The molecule has 0 saturated carbocycles. The molecule has 1 heterocycles. The second kappa shape index (κ2) is 5.91. The third-order valence-electron chi connectivity index (χ3n) is 3.24. The van der Waals surface area contributed by atoms with E-state index in [1.807, 2.05) is 19.1 Å². The van der Waals surface area contributed by atoms with Crippen molar-refractivity contribution in [2.75, 3.05) is 7.05 Å². The van der Waals surface area contributed by atoms with Crippen molar-refractivity contribution in [3.8, 4) is 0 Å². The second-order valence-electron chi connectivity index (χ2n) is 4.57. The van der Waals surface area contributed by atoms with Crippen molar-refractivity contribution < 1.29 is 4.79 Å². The maximum Gasteiger partial charge on any atom is 0.235 e. The number of nitrogens with zero attached hydrogens (tertiary/aromatic N) is 2. The first-order valence-electron chi connectivity index (χ1n) is 5.86. The Morgan fingerprint density at radius 3 is 2.50 bits per heavy atom. The van der Waals surface area contributed by atoms with Crippen LogP contribution in [0.15, 0.2) is 24.5 Å². The van der Waals surface area contributed by atoms with Crippen LogP contribution < -0.4 is 5.73 Å². The lowest BCUT2D eigenvalue weighted by atomic mass is 9.86. The fraction of sp³-hybridized carbons (Fsp3) is 0.462. The fourth-order valence-corrected chi connectivity index (χ4v) is 1.92. The second-order valence-corrected chi connectivity index (χ2v) is 5.01. The molecule has 1 rings (SSSR count). The summed E-state index contributed by atoms with van der Waals surface area (Å²) in [7, 11) is 1.76. The summed E-state index contributed by atoms with van der Waals surface area (Å²) < 4.78 is 0. The van der Waals surface area contributed by atoms with Gasteiger partial charge in [-0.15, -0.1) is 0 Å². The quantitative estimate of drug-likeness (QED) is 0.824. The van der Waals surface area contributed by atoms with Crippen molar-refractivity contribution >= 4 is 23.1 Å². The number of amides is 1.